The molecule has 2 nitrogen and oxygen atoms in total. The minimum Gasteiger partial charge on any atom is -0.238 e. The zero-order valence-electron chi connectivity index (χ0n) is 9.11. The number of benzene rings is 1. The molecule has 2 rings (SSSR count). The number of hydrogen-bond acceptors (Lipinski definition) is 1. The minimum atomic E-state index is -0.0268. The monoisotopic (exact) mass is 254 g/mol. The van der Waals surface area contributed by atoms with Gasteiger partial charge in [-0.05, 0) is 38.1 Å². The topological polar surface area (TPSA) is 17.8 Å². The van der Waals surface area contributed by atoms with Gasteiger partial charge >= 0.3 is 0 Å². The molecule has 0 aliphatic carbocycles. The molecule has 1 atom stereocenters. The lowest BCUT2D eigenvalue weighted by Crippen LogP contribution is -1.99. The number of alkyl halides is 1. The van der Waals surface area contributed by atoms with Crippen molar-refractivity contribution in [1.29, 1.82) is 0 Å². The van der Waals surface area contributed by atoms with E-state index >= 15 is 0 Å². The summed E-state index contributed by atoms with van der Waals surface area (Å²) in [4.78, 5) is 0. The summed E-state index contributed by atoms with van der Waals surface area (Å²) in [5.41, 5.74) is 3.10. The van der Waals surface area contributed by atoms with Gasteiger partial charge in [0.2, 0.25) is 0 Å². The summed E-state index contributed by atoms with van der Waals surface area (Å²) in [6.45, 7) is 3.95. The van der Waals surface area contributed by atoms with E-state index in [-0.39, 0.29) is 5.38 Å². The van der Waals surface area contributed by atoms with Gasteiger partial charge in [-0.2, -0.15) is 5.10 Å². The van der Waals surface area contributed by atoms with Gasteiger partial charge in [-0.1, -0.05) is 11.6 Å². The van der Waals surface area contributed by atoms with Crippen molar-refractivity contribution >= 4 is 23.2 Å². The summed E-state index contributed by atoms with van der Waals surface area (Å²) in [5.74, 6) is 0. The van der Waals surface area contributed by atoms with E-state index in [0.717, 1.165) is 22.0 Å². The summed E-state index contributed by atoms with van der Waals surface area (Å²) in [5, 5.41) is 5.02. The van der Waals surface area contributed by atoms with Crippen molar-refractivity contribution in [3.05, 3.63) is 46.7 Å². The number of rotatable bonds is 2. The second kappa shape index (κ2) is 4.48. The molecule has 0 bridgehead atoms. The molecule has 1 heterocycles. The Morgan fingerprint density at radius 3 is 2.38 bits per heavy atom. The number of hydrogen-bond donors (Lipinski definition) is 0. The maximum atomic E-state index is 6.06. The van der Waals surface area contributed by atoms with Crippen LogP contribution in [0.4, 0.5) is 0 Å². The summed E-state index contributed by atoms with van der Waals surface area (Å²) < 4.78 is 1.87. The highest BCUT2D eigenvalue weighted by Crippen LogP contribution is 2.24. The first-order chi connectivity index (χ1) is 7.59. The van der Waals surface area contributed by atoms with Crippen LogP contribution in [0.1, 0.15) is 23.6 Å². The lowest BCUT2D eigenvalue weighted by Gasteiger charge is -2.06. The van der Waals surface area contributed by atoms with Gasteiger partial charge < -0.3 is 0 Å². The van der Waals surface area contributed by atoms with Gasteiger partial charge in [-0.3, -0.25) is 0 Å². The summed E-state index contributed by atoms with van der Waals surface area (Å²) >= 11 is 11.9. The van der Waals surface area contributed by atoms with Crippen molar-refractivity contribution in [2.45, 2.75) is 19.2 Å². The molecule has 0 saturated carbocycles. The Bertz CT molecular complexity index is 486. The molecule has 0 spiro atoms. The fourth-order valence-electron chi connectivity index (χ4n) is 1.66. The molecule has 0 aliphatic heterocycles. The van der Waals surface area contributed by atoms with E-state index in [1.165, 1.54) is 0 Å². The molecule has 1 aromatic carbocycles. The summed E-state index contributed by atoms with van der Waals surface area (Å²) in [6, 6.07) is 7.57. The Morgan fingerprint density at radius 1 is 1.25 bits per heavy atom. The number of halogens is 2. The van der Waals surface area contributed by atoms with Crippen LogP contribution < -0.4 is 0 Å². The molecule has 0 saturated heterocycles. The predicted molar refractivity (Wildman–Crippen MR) is 67.6 cm³/mol. The van der Waals surface area contributed by atoms with E-state index in [2.05, 4.69) is 5.10 Å². The third-order valence-corrected chi connectivity index (χ3v) is 3.03. The normalized spacial score (nSPS) is 12.8. The van der Waals surface area contributed by atoms with Crippen LogP contribution in [0.3, 0.4) is 0 Å². The SMILES string of the molecule is Cc1c(C(C)Cl)cnn1-c1ccc(Cl)cc1. The molecule has 1 unspecified atom stereocenters. The van der Waals surface area contributed by atoms with Crippen molar-refractivity contribution in [3.8, 4) is 5.69 Å². The Hall–Kier alpha value is -0.990. The van der Waals surface area contributed by atoms with E-state index in [1.807, 2.05) is 49.0 Å². The second-order valence-electron chi connectivity index (χ2n) is 3.69. The van der Waals surface area contributed by atoms with Crippen molar-refractivity contribution < 1.29 is 0 Å². The molecule has 1 aromatic heterocycles. The Labute approximate surface area is 105 Å². The Balaban J connectivity index is 2.45. The van der Waals surface area contributed by atoms with Gasteiger partial charge in [0.25, 0.3) is 0 Å². The van der Waals surface area contributed by atoms with E-state index in [0.29, 0.717) is 0 Å². The van der Waals surface area contributed by atoms with Crippen LogP contribution in [0.15, 0.2) is 30.5 Å². The summed E-state index contributed by atoms with van der Waals surface area (Å²) in [7, 11) is 0. The van der Waals surface area contributed by atoms with Gasteiger partial charge in [0.15, 0.2) is 0 Å². The van der Waals surface area contributed by atoms with E-state index in [1.54, 1.807) is 0 Å². The van der Waals surface area contributed by atoms with Gasteiger partial charge in [0.1, 0.15) is 0 Å². The van der Waals surface area contributed by atoms with Crippen LogP contribution >= 0.6 is 23.2 Å². The number of aromatic nitrogens is 2. The standard InChI is InChI=1S/C12H12Cl2N2/c1-8(13)12-7-15-16(9(12)2)11-5-3-10(14)4-6-11/h3-8H,1-2H3. The lowest BCUT2D eigenvalue weighted by atomic mass is 10.2. The lowest BCUT2D eigenvalue weighted by molar-refractivity contribution is 0.843. The molecule has 2 aromatic rings. The zero-order chi connectivity index (χ0) is 11.7. The molecule has 84 valence electrons. The van der Waals surface area contributed by atoms with E-state index in [9.17, 15) is 0 Å². The molecular weight excluding hydrogens is 243 g/mol. The smallest absolute Gasteiger partial charge is 0.0649 e. The minimum absolute atomic E-state index is 0.0268. The quantitative estimate of drug-likeness (QED) is 0.737. The van der Waals surface area contributed by atoms with Gasteiger partial charge in [0.05, 0.1) is 17.3 Å². The Morgan fingerprint density at radius 2 is 1.88 bits per heavy atom. The second-order valence-corrected chi connectivity index (χ2v) is 4.78. The maximum Gasteiger partial charge on any atom is 0.0649 e. The molecular formula is C12H12Cl2N2. The highest BCUT2D eigenvalue weighted by Gasteiger charge is 2.11. The van der Waals surface area contributed by atoms with Crippen LogP contribution in [0, 0.1) is 6.92 Å². The average molecular weight is 255 g/mol. The van der Waals surface area contributed by atoms with Crippen LogP contribution in [-0.4, -0.2) is 9.78 Å². The fraction of sp³-hybridized carbons (Fsp3) is 0.250. The van der Waals surface area contributed by atoms with E-state index in [4.69, 9.17) is 23.2 Å². The first-order valence-corrected chi connectivity index (χ1v) is 5.85. The third kappa shape index (κ3) is 2.08. The largest absolute Gasteiger partial charge is 0.238 e. The maximum absolute atomic E-state index is 6.06. The molecule has 16 heavy (non-hydrogen) atoms. The molecule has 0 aliphatic rings. The van der Waals surface area contributed by atoms with Crippen LogP contribution in [0.2, 0.25) is 5.02 Å². The Kier molecular flexibility index (Phi) is 3.22. The van der Waals surface area contributed by atoms with Gasteiger partial charge in [0, 0.05) is 16.3 Å². The van der Waals surface area contributed by atoms with Crippen molar-refractivity contribution in [1.82, 2.24) is 9.78 Å². The highest BCUT2D eigenvalue weighted by molar-refractivity contribution is 6.30. The molecule has 0 radical (unpaired) electrons. The fourth-order valence-corrected chi connectivity index (χ4v) is 2.00. The molecule has 0 fully saturated rings. The molecule has 4 heteroatoms. The average Bonchev–Trinajstić information content (AvgIpc) is 2.61. The van der Waals surface area contributed by atoms with Gasteiger partial charge in [-0.25, -0.2) is 4.68 Å². The van der Waals surface area contributed by atoms with Crippen molar-refractivity contribution in [2.24, 2.45) is 0 Å². The summed E-state index contributed by atoms with van der Waals surface area (Å²) in [6.07, 6.45) is 1.81. The highest BCUT2D eigenvalue weighted by atomic mass is 35.5. The van der Waals surface area contributed by atoms with Gasteiger partial charge in [-0.15, -0.1) is 11.6 Å². The van der Waals surface area contributed by atoms with Crippen molar-refractivity contribution in [2.75, 3.05) is 0 Å². The third-order valence-electron chi connectivity index (χ3n) is 2.55. The van der Waals surface area contributed by atoms with Crippen LogP contribution in [0.5, 0.6) is 0 Å². The van der Waals surface area contributed by atoms with Crippen LogP contribution in [-0.2, 0) is 0 Å². The first-order valence-electron chi connectivity index (χ1n) is 5.04. The predicted octanol–water partition coefficient (Wildman–Crippen LogP) is 4.13. The zero-order valence-corrected chi connectivity index (χ0v) is 10.6. The van der Waals surface area contributed by atoms with E-state index < -0.39 is 0 Å². The number of nitrogens with zero attached hydrogens (tertiary/aromatic N) is 2. The first kappa shape index (κ1) is 11.5. The van der Waals surface area contributed by atoms with Crippen molar-refractivity contribution in [3.63, 3.8) is 0 Å². The van der Waals surface area contributed by atoms with Crippen LogP contribution in [0.25, 0.3) is 5.69 Å². The molecule has 0 amide bonds. The molecule has 0 N–H and O–H groups in total.